The van der Waals surface area contributed by atoms with Crippen molar-refractivity contribution < 1.29 is 13.5 Å². The highest BCUT2D eigenvalue weighted by Gasteiger charge is 2.14. The molecule has 0 unspecified atom stereocenters. The Morgan fingerprint density at radius 3 is 2.78 bits per heavy atom. The second-order valence-electron chi connectivity index (χ2n) is 5.77. The normalized spacial score (nSPS) is 10.9. The van der Waals surface area contributed by atoms with Crippen LogP contribution in [0.4, 0.5) is 14.6 Å². The number of hydrogen-bond acceptors (Lipinski definition) is 5. The molecule has 0 amide bonds. The Kier molecular flexibility index (Phi) is 4.37. The number of nitrogens with zero attached hydrogens (tertiary/aromatic N) is 4. The lowest BCUT2D eigenvalue weighted by Crippen LogP contribution is -2.07. The summed E-state index contributed by atoms with van der Waals surface area (Å²) in [7, 11) is 1.49. The van der Waals surface area contributed by atoms with E-state index in [1.165, 1.54) is 25.7 Å². The van der Waals surface area contributed by atoms with Crippen LogP contribution >= 0.6 is 0 Å². The van der Waals surface area contributed by atoms with E-state index in [2.05, 4.69) is 20.5 Å². The average Bonchev–Trinajstić information content (AvgIpc) is 3.17. The maximum Gasteiger partial charge on any atom is 0.220 e. The number of nitrogens with one attached hydrogen (secondary N) is 1. The predicted molar refractivity (Wildman–Crippen MR) is 96.5 cm³/mol. The van der Waals surface area contributed by atoms with Crippen molar-refractivity contribution in [2.45, 2.75) is 6.54 Å². The lowest BCUT2D eigenvalue weighted by molar-refractivity contribution is 0.405. The number of ether oxygens (including phenoxy) is 1. The molecule has 0 aliphatic carbocycles. The van der Waals surface area contributed by atoms with Gasteiger partial charge >= 0.3 is 0 Å². The number of hydrogen-bond donors (Lipinski definition) is 1. The molecule has 0 spiro atoms. The quantitative estimate of drug-likeness (QED) is 0.545. The molecule has 4 aromatic rings. The topological polar surface area (TPSA) is 64.3 Å². The molecule has 3 heterocycles. The lowest BCUT2D eigenvalue weighted by atomic mass is 10.1. The van der Waals surface area contributed by atoms with Crippen molar-refractivity contribution >= 4 is 11.5 Å². The van der Waals surface area contributed by atoms with Gasteiger partial charge in [-0.1, -0.05) is 6.07 Å². The molecule has 8 heteroatoms. The Morgan fingerprint density at radius 2 is 1.96 bits per heavy atom. The van der Waals surface area contributed by atoms with Crippen molar-refractivity contribution in [1.82, 2.24) is 19.6 Å². The molecule has 4 rings (SSSR count). The van der Waals surface area contributed by atoms with Gasteiger partial charge in [0.25, 0.3) is 0 Å². The Morgan fingerprint density at radius 1 is 1.07 bits per heavy atom. The first-order valence-electron chi connectivity index (χ1n) is 8.18. The molecule has 0 saturated carbocycles. The number of aromatic nitrogens is 4. The van der Waals surface area contributed by atoms with Crippen LogP contribution in [0.1, 0.15) is 5.56 Å². The van der Waals surface area contributed by atoms with Crippen molar-refractivity contribution in [1.29, 1.82) is 0 Å². The summed E-state index contributed by atoms with van der Waals surface area (Å²) in [4.78, 5) is 3.68. The van der Waals surface area contributed by atoms with E-state index in [4.69, 9.17) is 4.74 Å². The van der Waals surface area contributed by atoms with E-state index >= 15 is 0 Å². The van der Waals surface area contributed by atoms with Gasteiger partial charge in [-0.15, -0.1) is 10.2 Å². The van der Waals surface area contributed by atoms with Crippen molar-refractivity contribution in [3.8, 4) is 16.9 Å². The van der Waals surface area contributed by atoms with Crippen LogP contribution in [-0.2, 0) is 6.54 Å². The third-order valence-corrected chi connectivity index (χ3v) is 4.25. The zero-order chi connectivity index (χ0) is 18.8. The zero-order valence-electron chi connectivity index (χ0n) is 14.4. The first-order chi connectivity index (χ1) is 13.2. The van der Waals surface area contributed by atoms with E-state index in [0.717, 1.165) is 0 Å². The fraction of sp³-hybridized carbons (Fsp3) is 0.105. The molecule has 136 valence electrons. The van der Waals surface area contributed by atoms with E-state index in [0.29, 0.717) is 33.9 Å². The van der Waals surface area contributed by atoms with Gasteiger partial charge in [0, 0.05) is 29.4 Å². The van der Waals surface area contributed by atoms with E-state index in [1.54, 1.807) is 40.8 Å². The summed E-state index contributed by atoms with van der Waals surface area (Å²) in [6.45, 7) is 0.198. The molecule has 0 aliphatic heterocycles. The Bertz CT molecular complexity index is 1110. The molecule has 1 N–H and O–H groups in total. The van der Waals surface area contributed by atoms with E-state index in [9.17, 15) is 8.78 Å². The van der Waals surface area contributed by atoms with Crippen molar-refractivity contribution in [3.63, 3.8) is 0 Å². The van der Waals surface area contributed by atoms with Crippen LogP contribution in [0.25, 0.3) is 16.8 Å². The lowest BCUT2D eigenvalue weighted by Gasteiger charge is -2.13. The molecule has 6 nitrogen and oxygen atoms in total. The van der Waals surface area contributed by atoms with Gasteiger partial charge in [-0.25, -0.2) is 9.37 Å². The molecule has 0 fully saturated rings. The minimum absolute atomic E-state index is 0.198. The molecule has 3 aromatic heterocycles. The standard InChI is InChI=1S/C19H15F2N5O/c1-27-16-6-2-5-15(20)14(16)10-23-17-8-7-13(19-25-24-11-26(17)19)12-4-3-9-22-18(12)21/h2-9,11,23H,10H2,1H3. The van der Waals surface area contributed by atoms with Crippen LogP contribution < -0.4 is 10.1 Å². The van der Waals surface area contributed by atoms with Crippen LogP contribution in [0.15, 0.2) is 55.0 Å². The summed E-state index contributed by atoms with van der Waals surface area (Å²) in [5.41, 5.74) is 1.76. The predicted octanol–water partition coefficient (Wildman–Crippen LogP) is 3.69. The SMILES string of the molecule is COc1cccc(F)c1CNc1ccc(-c2cccnc2F)c2nncn12. The molecule has 0 radical (unpaired) electrons. The molecule has 1 aromatic carbocycles. The Hall–Kier alpha value is -3.55. The highest BCUT2D eigenvalue weighted by Crippen LogP contribution is 2.28. The van der Waals surface area contributed by atoms with Gasteiger partial charge in [-0.3, -0.25) is 4.40 Å². The Balaban J connectivity index is 1.70. The number of rotatable bonds is 5. The summed E-state index contributed by atoms with van der Waals surface area (Å²) in [5.74, 6) is 0.139. The minimum Gasteiger partial charge on any atom is -0.496 e. The highest BCUT2D eigenvalue weighted by atomic mass is 19.1. The smallest absolute Gasteiger partial charge is 0.220 e. The maximum atomic E-state index is 14.1. The number of pyridine rings is 2. The van der Waals surface area contributed by atoms with E-state index in [1.807, 2.05) is 0 Å². The number of benzene rings is 1. The van der Waals surface area contributed by atoms with E-state index < -0.39 is 5.95 Å². The van der Waals surface area contributed by atoms with Crippen LogP contribution in [0.3, 0.4) is 0 Å². The minimum atomic E-state index is -0.584. The monoisotopic (exact) mass is 367 g/mol. The molecule has 0 saturated heterocycles. The second-order valence-corrected chi connectivity index (χ2v) is 5.77. The highest BCUT2D eigenvalue weighted by molar-refractivity contribution is 5.78. The average molecular weight is 367 g/mol. The van der Waals surface area contributed by atoms with Crippen LogP contribution in [-0.4, -0.2) is 26.7 Å². The number of methoxy groups -OCH3 is 1. The summed E-state index contributed by atoms with van der Waals surface area (Å²) < 4.78 is 35.1. The van der Waals surface area contributed by atoms with Crippen molar-refractivity contribution in [2.75, 3.05) is 12.4 Å². The zero-order valence-corrected chi connectivity index (χ0v) is 14.4. The fourth-order valence-corrected chi connectivity index (χ4v) is 2.93. The van der Waals surface area contributed by atoms with Gasteiger partial charge < -0.3 is 10.1 Å². The number of fused-ring (bicyclic) bond motifs is 1. The van der Waals surface area contributed by atoms with Gasteiger partial charge in [0.2, 0.25) is 5.95 Å². The summed E-state index contributed by atoms with van der Waals surface area (Å²) >= 11 is 0. The van der Waals surface area contributed by atoms with Gasteiger partial charge in [-0.05, 0) is 36.4 Å². The first-order valence-corrected chi connectivity index (χ1v) is 8.18. The fourth-order valence-electron chi connectivity index (χ4n) is 2.93. The largest absolute Gasteiger partial charge is 0.496 e. The molecule has 0 atom stereocenters. The van der Waals surface area contributed by atoms with Gasteiger partial charge in [0.05, 0.1) is 7.11 Å². The maximum absolute atomic E-state index is 14.1. The molecule has 0 bridgehead atoms. The van der Waals surface area contributed by atoms with Crippen molar-refractivity contribution in [2.24, 2.45) is 0 Å². The molecule has 27 heavy (non-hydrogen) atoms. The number of anilines is 1. The second kappa shape index (κ2) is 6.99. The molecular formula is C19H15F2N5O. The summed E-state index contributed by atoms with van der Waals surface area (Å²) in [6.07, 6.45) is 2.89. The first kappa shape index (κ1) is 16.9. The summed E-state index contributed by atoms with van der Waals surface area (Å²) in [5, 5.41) is 11.2. The van der Waals surface area contributed by atoms with Gasteiger partial charge in [0.15, 0.2) is 5.65 Å². The van der Waals surface area contributed by atoms with E-state index in [-0.39, 0.29) is 12.4 Å². The molecular weight excluding hydrogens is 352 g/mol. The Labute approximate surface area is 153 Å². The van der Waals surface area contributed by atoms with Gasteiger partial charge in [-0.2, -0.15) is 4.39 Å². The number of halogens is 2. The van der Waals surface area contributed by atoms with Crippen molar-refractivity contribution in [3.05, 3.63) is 72.3 Å². The summed E-state index contributed by atoms with van der Waals surface area (Å²) in [6, 6.07) is 11.4. The third-order valence-electron chi connectivity index (χ3n) is 4.25. The molecule has 0 aliphatic rings. The van der Waals surface area contributed by atoms with Crippen LogP contribution in [0, 0.1) is 11.8 Å². The van der Waals surface area contributed by atoms with Gasteiger partial charge in [0.1, 0.15) is 23.7 Å². The third kappa shape index (κ3) is 3.05. The van der Waals surface area contributed by atoms with Crippen LogP contribution in [0.5, 0.6) is 5.75 Å². The van der Waals surface area contributed by atoms with Crippen LogP contribution in [0.2, 0.25) is 0 Å².